The van der Waals surface area contributed by atoms with E-state index in [0.29, 0.717) is 11.4 Å². The van der Waals surface area contributed by atoms with Crippen LogP contribution < -0.4 is 19.1 Å². The van der Waals surface area contributed by atoms with Crippen molar-refractivity contribution < 1.29 is 27.5 Å². The maximum atomic E-state index is 14.8. The van der Waals surface area contributed by atoms with Crippen LogP contribution >= 0.6 is 0 Å². The first-order chi connectivity index (χ1) is 24.1. The zero-order valence-corrected chi connectivity index (χ0v) is 30.1. The number of amides is 2. The van der Waals surface area contributed by atoms with Crippen molar-refractivity contribution >= 4 is 27.5 Å². The number of hydrogen-bond acceptors (Lipinski definition) is 6. The molecule has 4 aromatic rings. The highest BCUT2D eigenvalue weighted by molar-refractivity contribution is 7.92. The quantitative estimate of drug-likeness (QED) is 0.159. The van der Waals surface area contributed by atoms with Crippen molar-refractivity contribution in [1.29, 1.82) is 0 Å². The number of carbonyl (C=O) groups is 2. The molecule has 1 atom stereocenters. The smallest absolute Gasteiger partial charge is 0.264 e. The van der Waals surface area contributed by atoms with Gasteiger partial charge in [-0.05, 0) is 62.1 Å². The number of aryl methyl sites for hydroxylation is 2. The van der Waals surface area contributed by atoms with Crippen molar-refractivity contribution in [1.82, 2.24) is 10.2 Å². The Balaban J connectivity index is 1.57. The number of nitrogens with one attached hydrogen (secondary N) is 1. The van der Waals surface area contributed by atoms with Crippen LogP contribution in [0.1, 0.15) is 54.4 Å². The number of carbonyl (C=O) groups excluding carboxylic acids is 2. The molecule has 0 heterocycles. The third-order valence-corrected chi connectivity index (χ3v) is 11.0. The molecule has 0 spiro atoms. The largest absolute Gasteiger partial charge is 0.493 e. The lowest BCUT2D eigenvalue weighted by Gasteiger charge is -2.35. The van der Waals surface area contributed by atoms with E-state index in [2.05, 4.69) is 5.32 Å². The summed E-state index contributed by atoms with van der Waals surface area (Å²) in [6, 6.07) is 27.9. The van der Waals surface area contributed by atoms with Crippen LogP contribution in [-0.2, 0) is 32.6 Å². The van der Waals surface area contributed by atoms with E-state index in [-0.39, 0.29) is 35.6 Å². The minimum atomic E-state index is -4.31. The second kappa shape index (κ2) is 16.7. The lowest BCUT2D eigenvalue weighted by Crippen LogP contribution is -2.55. The molecule has 2 amide bonds. The summed E-state index contributed by atoms with van der Waals surface area (Å²) < 4.78 is 40.8. The summed E-state index contributed by atoms with van der Waals surface area (Å²) in [5.41, 5.74) is 4.05. The van der Waals surface area contributed by atoms with Gasteiger partial charge < -0.3 is 19.7 Å². The molecule has 1 aliphatic carbocycles. The van der Waals surface area contributed by atoms with Crippen molar-refractivity contribution in [2.45, 2.75) is 75.9 Å². The second-order valence-electron chi connectivity index (χ2n) is 12.9. The SMILES string of the molecule is COc1ccc(S(=O)(=O)N(CC(=O)N(Cc2ccc(C)cc2)C(Cc2ccccc2)C(=O)NC2CCCCC2)c2ccc(C)cc2)cc1OC. The average Bonchev–Trinajstić information content (AvgIpc) is 3.13. The van der Waals surface area contributed by atoms with Crippen molar-refractivity contribution in [3.05, 3.63) is 119 Å². The molecule has 9 nitrogen and oxygen atoms in total. The van der Waals surface area contributed by atoms with Crippen molar-refractivity contribution in [2.75, 3.05) is 25.1 Å². The van der Waals surface area contributed by atoms with E-state index in [1.807, 2.05) is 68.4 Å². The third-order valence-electron chi connectivity index (χ3n) is 9.24. The fraction of sp³-hybridized carbons (Fsp3) is 0.350. The molecule has 1 fully saturated rings. The van der Waals surface area contributed by atoms with Gasteiger partial charge in [-0.15, -0.1) is 0 Å². The highest BCUT2D eigenvalue weighted by atomic mass is 32.2. The van der Waals surface area contributed by atoms with Gasteiger partial charge in [-0.1, -0.05) is 97.1 Å². The lowest BCUT2D eigenvalue weighted by molar-refractivity contribution is -0.140. The van der Waals surface area contributed by atoms with Gasteiger partial charge in [0.1, 0.15) is 12.6 Å². The Morgan fingerprint density at radius 2 is 1.40 bits per heavy atom. The van der Waals surface area contributed by atoms with Crippen molar-refractivity contribution in [2.24, 2.45) is 0 Å². The standard InChI is InChI=1S/C40H47N3O6S/c1-29-15-19-32(20-16-29)27-42(36(25-31-11-7-5-8-12-31)40(45)41-33-13-9-6-10-14-33)39(44)28-43(34-21-17-30(2)18-22-34)50(46,47)35-23-24-37(48-3)38(26-35)49-4/h5,7-8,11-12,15-24,26,33,36H,6,9-10,13-14,25,27-28H2,1-4H3,(H,41,45). The van der Waals surface area contributed by atoms with Crippen LogP contribution in [-0.4, -0.2) is 58.0 Å². The van der Waals surface area contributed by atoms with Crippen LogP contribution in [0, 0.1) is 13.8 Å². The fourth-order valence-corrected chi connectivity index (χ4v) is 7.76. The normalized spacial score (nSPS) is 14.0. The minimum Gasteiger partial charge on any atom is -0.493 e. The first-order valence-corrected chi connectivity index (χ1v) is 18.5. The monoisotopic (exact) mass is 697 g/mol. The summed E-state index contributed by atoms with van der Waals surface area (Å²) in [5, 5.41) is 3.25. The highest BCUT2D eigenvalue weighted by Gasteiger charge is 2.35. The number of rotatable bonds is 14. The van der Waals surface area contributed by atoms with E-state index >= 15 is 0 Å². The zero-order valence-electron chi connectivity index (χ0n) is 29.3. The number of hydrogen-bond donors (Lipinski definition) is 1. The summed E-state index contributed by atoms with van der Waals surface area (Å²) in [6.07, 6.45) is 5.27. The number of sulfonamides is 1. The van der Waals surface area contributed by atoms with Gasteiger partial charge in [0.15, 0.2) is 11.5 Å². The van der Waals surface area contributed by atoms with Gasteiger partial charge >= 0.3 is 0 Å². The number of methoxy groups -OCH3 is 2. The van der Waals surface area contributed by atoms with Gasteiger partial charge in [-0.2, -0.15) is 0 Å². The third kappa shape index (κ3) is 9.04. The molecule has 264 valence electrons. The van der Waals surface area contributed by atoms with Gasteiger partial charge in [-0.3, -0.25) is 13.9 Å². The lowest BCUT2D eigenvalue weighted by atomic mass is 9.94. The summed E-state index contributed by atoms with van der Waals surface area (Å²) in [7, 11) is -1.40. The van der Waals surface area contributed by atoms with E-state index in [1.54, 1.807) is 29.2 Å². The van der Waals surface area contributed by atoms with Crippen LogP contribution in [0.2, 0.25) is 0 Å². The average molecular weight is 698 g/mol. The van der Waals surface area contributed by atoms with Crippen LogP contribution in [0.5, 0.6) is 11.5 Å². The Bertz CT molecular complexity index is 1840. The van der Waals surface area contributed by atoms with Crippen LogP contribution in [0.25, 0.3) is 0 Å². The minimum absolute atomic E-state index is 0.0281. The molecule has 5 rings (SSSR count). The summed E-state index contributed by atoms with van der Waals surface area (Å²) >= 11 is 0. The van der Waals surface area contributed by atoms with E-state index < -0.39 is 28.5 Å². The molecule has 0 aromatic heterocycles. The van der Waals surface area contributed by atoms with Gasteiger partial charge in [-0.25, -0.2) is 8.42 Å². The van der Waals surface area contributed by atoms with E-state index in [9.17, 15) is 18.0 Å². The van der Waals surface area contributed by atoms with Crippen molar-refractivity contribution in [3.63, 3.8) is 0 Å². The Morgan fingerprint density at radius 3 is 2.02 bits per heavy atom. The zero-order chi connectivity index (χ0) is 35.7. The fourth-order valence-electron chi connectivity index (χ4n) is 6.33. The van der Waals surface area contributed by atoms with Crippen LogP contribution in [0.3, 0.4) is 0 Å². The Morgan fingerprint density at radius 1 is 0.780 bits per heavy atom. The van der Waals surface area contributed by atoms with Crippen molar-refractivity contribution in [3.8, 4) is 11.5 Å². The Kier molecular flexibility index (Phi) is 12.2. The first-order valence-electron chi connectivity index (χ1n) is 17.1. The van der Waals surface area contributed by atoms with E-state index in [1.165, 1.54) is 32.4 Å². The Labute approximate surface area is 296 Å². The van der Waals surface area contributed by atoms with E-state index in [4.69, 9.17) is 9.47 Å². The highest BCUT2D eigenvalue weighted by Crippen LogP contribution is 2.33. The van der Waals surface area contributed by atoms with Gasteiger partial charge in [0.05, 0.1) is 24.8 Å². The topological polar surface area (TPSA) is 105 Å². The number of ether oxygens (including phenoxy) is 2. The first kappa shape index (κ1) is 36.5. The van der Waals surface area contributed by atoms with Gasteiger partial charge in [0.2, 0.25) is 11.8 Å². The number of anilines is 1. The molecule has 50 heavy (non-hydrogen) atoms. The predicted molar refractivity (Wildman–Crippen MR) is 196 cm³/mol. The maximum Gasteiger partial charge on any atom is 0.264 e. The molecule has 0 bridgehead atoms. The molecule has 1 saturated carbocycles. The molecule has 0 aliphatic heterocycles. The summed E-state index contributed by atoms with van der Waals surface area (Å²) in [6.45, 7) is 3.48. The number of benzene rings is 4. The molecular weight excluding hydrogens is 651 g/mol. The predicted octanol–water partition coefficient (Wildman–Crippen LogP) is 6.60. The van der Waals surface area contributed by atoms with E-state index in [0.717, 1.165) is 58.7 Å². The maximum absolute atomic E-state index is 14.8. The molecular formula is C40H47N3O6S. The molecule has 1 aliphatic rings. The molecule has 0 radical (unpaired) electrons. The van der Waals surface area contributed by atoms with Crippen LogP contribution in [0.4, 0.5) is 5.69 Å². The Hall–Kier alpha value is -4.83. The van der Waals surface area contributed by atoms with Gasteiger partial charge in [0, 0.05) is 25.1 Å². The molecule has 0 saturated heterocycles. The molecule has 10 heteroatoms. The number of nitrogens with zero attached hydrogens (tertiary/aromatic N) is 2. The molecule has 1 N–H and O–H groups in total. The van der Waals surface area contributed by atoms with Crippen LogP contribution in [0.15, 0.2) is 102 Å². The molecule has 4 aromatic carbocycles. The second-order valence-corrected chi connectivity index (χ2v) is 14.8. The summed E-state index contributed by atoms with van der Waals surface area (Å²) in [4.78, 5) is 30.6. The molecule has 1 unspecified atom stereocenters. The summed E-state index contributed by atoms with van der Waals surface area (Å²) in [5.74, 6) is -0.130. The van der Waals surface area contributed by atoms with Gasteiger partial charge in [0.25, 0.3) is 10.0 Å².